The van der Waals surface area contributed by atoms with Crippen LogP contribution in [0.25, 0.3) is 11.5 Å². The summed E-state index contributed by atoms with van der Waals surface area (Å²) in [5.41, 5.74) is -0.755. The Hall–Kier alpha value is -1.74. The molecule has 9 heteroatoms. The van der Waals surface area contributed by atoms with Crippen LogP contribution in [-0.4, -0.2) is 29.2 Å². The highest BCUT2D eigenvalue weighted by atomic mass is 28.3. The third-order valence-corrected chi connectivity index (χ3v) is 5.19. The van der Waals surface area contributed by atoms with Crippen molar-refractivity contribution >= 4 is 8.07 Å². The van der Waals surface area contributed by atoms with E-state index in [1.165, 1.54) is 12.3 Å². The van der Waals surface area contributed by atoms with Crippen molar-refractivity contribution in [2.75, 3.05) is 6.61 Å². The molecule has 2 rings (SSSR count). The van der Waals surface area contributed by atoms with Gasteiger partial charge in [0, 0.05) is 27.1 Å². The van der Waals surface area contributed by atoms with Crippen LogP contribution in [0, 0.1) is 12.7 Å². The lowest BCUT2D eigenvalue weighted by molar-refractivity contribution is -0.141. The van der Waals surface area contributed by atoms with Crippen LogP contribution < -0.4 is 0 Å². The first-order valence-electron chi connectivity index (χ1n) is 7.82. The maximum absolute atomic E-state index is 14.1. The minimum atomic E-state index is -4.63. The second-order valence-corrected chi connectivity index (χ2v) is 12.7. The molecule has 2 aromatic heterocycles. The van der Waals surface area contributed by atoms with Gasteiger partial charge in [0.1, 0.15) is 12.4 Å². The van der Waals surface area contributed by atoms with E-state index >= 15 is 0 Å². The second kappa shape index (κ2) is 7.25. The van der Waals surface area contributed by atoms with E-state index in [9.17, 15) is 17.6 Å². The third-order valence-electron chi connectivity index (χ3n) is 3.48. The monoisotopic (exact) mass is 375 g/mol. The molecule has 2 aromatic rings. The van der Waals surface area contributed by atoms with Crippen molar-refractivity contribution in [3.63, 3.8) is 0 Å². The molecule has 25 heavy (non-hydrogen) atoms. The lowest BCUT2D eigenvalue weighted by Gasteiger charge is -2.16. The first-order valence-corrected chi connectivity index (χ1v) is 11.5. The minimum absolute atomic E-state index is 0.141. The van der Waals surface area contributed by atoms with Crippen LogP contribution in [0.1, 0.15) is 11.3 Å². The Labute approximate surface area is 144 Å². The van der Waals surface area contributed by atoms with Crippen LogP contribution in [-0.2, 0) is 17.6 Å². The molecular formula is C16H21F4N3OSi. The Morgan fingerprint density at radius 1 is 1.24 bits per heavy atom. The molecule has 0 saturated heterocycles. The number of hydrogen-bond donors (Lipinski definition) is 0. The maximum atomic E-state index is 14.1. The van der Waals surface area contributed by atoms with Gasteiger partial charge in [0.05, 0.1) is 0 Å². The number of pyridine rings is 1. The summed E-state index contributed by atoms with van der Waals surface area (Å²) in [4.78, 5) is 7.43. The number of rotatable bonds is 6. The number of halogens is 4. The molecule has 0 spiro atoms. The van der Waals surface area contributed by atoms with E-state index < -0.39 is 25.8 Å². The molecule has 0 saturated carbocycles. The predicted molar refractivity (Wildman–Crippen MR) is 89.3 cm³/mol. The molecule has 0 aliphatic heterocycles. The number of alkyl halides is 3. The number of imidazole rings is 1. The van der Waals surface area contributed by atoms with Gasteiger partial charge in [0.2, 0.25) is 0 Å². The van der Waals surface area contributed by atoms with Gasteiger partial charge in [-0.25, -0.2) is 14.4 Å². The molecule has 4 nitrogen and oxygen atoms in total. The van der Waals surface area contributed by atoms with Crippen molar-refractivity contribution in [2.24, 2.45) is 0 Å². The Balaban J connectivity index is 2.29. The molecule has 0 bridgehead atoms. The van der Waals surface area contributed by atoms with Crippen molar-refractivity contribution in [1.29, 1.82) is 0 Å². The Kier molecular flexibility index (Phi) is 5.67. The topological polar surface area (TPSA) is 39.9 Å². The Morgan fingerprint density at radius 2 is 1.92 bits per heavy atom. The predicted octanol–water partition coefficient (Wildman–Crippen LogP) is 4.72. The lowest BCUT2D eigenvalue weighted by Crippen LogP contribution is -2.22. The van der Waals surface area contributed by atoms with E-state index in [1.807, 2.05) is 0 Å². The fourth-order valence-electron chi connectivity index (χ4n) is 2.08. The van der Waals surface area contributed by atoms with Gasteiger partial charge < -0.3 is 9.30 Å². The summed E-state index contributed by atoms with van der Waals surface area (Å²) in [6.45, 7) is 8.45. The largest absolute Gasteiger partial charge is 0.434 e. The van der Waals surface area contributed by atoms with Gasteiger partial charge in [-0.2, -0.15) is 13.2 Å². The molecule has 0 aromatic carbocycles. The SMILES string of the molecule is Cc1cnc(-c2nc(C(F)(F)F)cn2COCC[Si](C)(C)C)c(F)c1. The number of aryl methyl sites for hydroxylation is 1. The van der Waals surface area contributed by atoms with Crippen molar-refractivity contribution in [3.8, 4) is 11.5 Å². The summed E-state index contributed by atoms with van der Waals surface area (Å²) in [5, 5.41) is 0. The van der Waals surface area contributed by atoms with Gasteiger partial charge in [-0.3, -0.25) is 0 Å². The number of ether oxygens (including phenoxy) is 1. The zero-order valence-corrected chi connectivity index (χ0v) is 15.6. The van der Waals surface area contributed by atoms with Crippen molar-refractivity contribution in [3.05, 3.63) is 35.5 Å². The van der Waals surface area contributed by atoms with E-state index in [0.29, 0.717) is 12.2 Å². The van der Waals surface area contributed by atoms with Crippen LogP contribution in [0.4, 0.5) is 17.6 Å². The summed E-state index contributed by atoms with van der Waals surface area (Å²) < 4.78 is 59.7. The average molecular weight is 375 g/mol. The van der Waals surface area contributed by atoms with Crippen LogP contribution in [0.15, 0.2) is 18.5 Å². The summed E-state index contributed by atoms with van der Waals surface area (Å²) in [6, 6.07) is 2.08. The molecule has 0 aliphatic rings. The van der Waals surface area contributed by atoms with Crippen LogP contribution in [0.3, 0.4) is 0 Å². The first-order chi connectivity index (χ1) is 11.5. The van der Waals surface area contributed by atoms with E-state index in [0.717, 1.165) is 16.8 Å². The van der Waals surface area contributed by atoms with Crippen LogP contribution in [0.5, 0.6) is 0 Å². The first kappa shape index (κ1) is 19.6. The zero-order valence-electron chi connectivity index (χ0n) is 14.6. The molecule has 138 valence electrons. The van der Waals surface area contributed by atoms with Gasteiger partial charge >= 0.3 is 6.18 Å². The molecule has 0 fully saturated rings. The van der Waals surface area contributed by atoms with Gasteiger partial charge in [-0.15, -0.1) is 0 Å². The molecule has 0 amide bonds. The van der Waals surface area contributed by atoms with Crippen molar-refractivity contribution in [1.82, 2.24) is 14.5 Å². The Morgan fingerprint density at radius 3 is 2.48 bits per heavy atom. The van der Waals surface area contributed by atoms with E-state index in [4.69, 9.17) is 4.74 Å². The van der Waals surface area contributed by atoms with E-state index in [1.54, 1.807) is 6.92 Å². The minimum Gasteiger partial charge on any atom is -0.361 e. The van der Waals surface area contributed by atoms with Gasteiger partial charge in [-0.05, 0) is 24.6 Å². The van der Waals surface area contributed by atoms with Crippen LogP contribution >= 0.6 is 0 Å². The molecule has 0 unspecified atom stereocenters. The van der Waals surface area contributed by atoms with Crippen molar-refractivity contribution in [2.45, 2.75) is 45.5 Å². The highest BCUT2D eigenvalue weighted by Crippen LogP contribution is 2.31. The zero-order chi connectivity index (χ0) is 18.8. The molecule has 0 atom stereocenters. The number of nitrogens with zero attached hydrogens (tertiary/aromatic N) is 3. The highest BCUT2D eigenvalue weighted by molar-refractivity contribution is 6.76. The fourth-order valence-corrected chi connectivity index (χ4v) is 2.84. The Bertz CT molecular complexity index is 738. The summed E-state index contributed by atoms with van der Waals surface area (Å²) in [5.74, 6) is -0.916. The average Bonchev–Trinajstić information content (AvgIpc) is 2.86. The number of hydrogen-bond acceptors (Lipinski definition) is 3. The summed E-state index contributed by atoms with van der Waals surface area (Å²) in [6.07, 6.45) is -2.42. The standard InChI is InChI=1S/C16H21F4N3OSi/c1-11-7-12(17)14(21-8-11)15-22-13(16(18,19)20)9-23(15)10-24-5-6-25(2,3)4/h7-9H,5-6,10H2,1-4H3. The van der Waals surface area contributed by atoms with E-state index in [2.05, 4.69) is 29.6 Å². The van der Waals surface area contributed by atoms with Gasteiger partial charge in [0.15, 0.2) is 17.3 Å². The summed E-state index contributed by atoms with van der Waals surface area (Å²) >= 11 is 0. The second-order valence-electron chi connectivity index (χ2n) is 7.11. The molecule has 2 heterocycles. The third kappa shape index (κ3) is 5.37. The van der Waals surface area contributed by atoms with Crippen molar-refractivity contribution < 1.29 is 22.3 Å². The smallest absolute Gasteiger partial charge is 0.361 e. The normalized spacial score (nSPS) is 12.6. The lowest BCUT2D eigenvalue weighted by atomic mass is 10.2. The maximum Gasteiger partial charge on any atom is 0.434 e. The molecule has 0 N–H and O–H groups in total. The quantitative estimate of drug-likeness (QED) is 0.417. The molecule has 0 aliphatic carbocycles. The van der Waals surface area contributed by atoms with Crippen LogP contribution in [0.2, 0.25) is 25.7 Å². The van der Waals surface area contributed by atoms with E-state index in [-0.39, 0.29) is 18.2 Å². The fraction of sp³-hybridized carbons (Fsp3) is 0.500. The van der Waals surface area contributed by atoms with Gasteiger partial charge in [-0.1, -0.05) is 19.6 Å². The molecule has 0 radical (unpaired) electrons. The van der Waals surface area contributed by atoms with Gasteiger partial charge in [0.25, 0.3) is 0 Å². The highest BCUT2D eigenvalue weighted by Gasteiger charge is 2.35. The molecular weight excluding hydrogens is 354 g/mol. The number of aromatic nitrogens is 3. The summed E-state index contributed by atoms with van der Waals surface area (Å²) in [7, 11) is -1.32.